The number of carbonyl (C=O) groups excluding carboxylic acids is 1. The van der Waals surface area contributed by atoms with E-state index in [9.17, 15) is 14.9 Å². The van der Waals surface area contributed by atoms with Crippen LogP contribution < -0.4 is 0 Å². The van der Waals surface area contributed by atoms with Crippen molar-refractivity contribution in [2.45, 2.75) is 37.9 Å². The molecule has 1 heterocycles. The summed E-state index contributed by atoms with van der Waals surface area (Å²) in [7, 11) is 1.56. The molecule has 1 aliphatic heterocycles. The molecule has 1 aromatic rings. The number of hydrogen-bond donors (Lipinski definition) is 0. The fraction of sp³-hybridized carbons (Fsp3) is 0.588. The Hall–Kier alpha value is -1.64. The summed E-state index contributed by atoms with van der Waals surface area (Å²) < 4.78 is 11.7. The van der Waals surface area contributed by atoms with Crippen molar-refractivity contribution in [3.63, 3.8) is 0 Å². The topological polar surface area (TPSA) is 81.9 Å². The lowest BCUT2D eigenvalue weighted by atomic mass is 10.1. The first-order chi connectivity index (χ1) is 12.0. The maximum atomic E-state index is 13.1. The number of nitro groups is 1. The van der Waals surface area contributed by atoms with Gasteiger partial charge in [0.2, 0.25) is 0 Å². The number of thioether (sulfide) groups is 1. The van der Waals surface area contributed by atoms with Gasteiger partial charge in [0.05, 0.1) is 4.92 Å². The Morgan fingerprint density at radius 3 is 2.76 bits per heavy atom. The van der Waals surface area contributed by atoms with E-state index in [0.717, 1.165) is 12.2 Å². The molecular formula is C17H24N2O5S. The van der Waals surface area contributed by atoms with Gasteiger partial charge in [-0.15, -0.1) is 11.8 Å². The maximum absolute atomic E-state index is 13.1. The number of rotatable bonds is 8. The van der Waals surface area contributed by atoms with Crippen molar-refractivity contribution in [1.29, 1.82) is 0 Å². The third-order valence-electron chi connectivity index (χ3n) is 4.31. The number of benzene rings is 1. The van der Waals surface area contributed by atoms with Gasteiger partial charge in [0, 0.05) is 32.7 Å². The second-order valence-electron chi connectivity index (χ2n) is 5.63. The third-order valence-corrected chi connectivity index (χ3v) is 5.45. The van der Waals surface area contributed by atoms with E-state index in [4.69, 9.17) is 9.47 Å². The lowest BCUT2D eigenvalue weighted by Gasteiger charge is -2.42. The first-order valence-corrected chi connectivity index (χ1v) is 9.40. The molecule has 1 aliphatic rings. The highest BCUT2D eigenvalue weighted by Crippen LogP contribution is 2.41. The van der Waals surface area contributed by atoms with E-state index in [-0.39, 0.29) is 16.7 Å². The SMILES string of the molecule is CCOC(SCC)C1(OC)CCCN1C(=O)c1ccccc1[N+](=O)[O-]. The van der Waals surface area contributed by atoms with Crippen molar-refractivity contribution >= 4 is 23.4 Å². The van der Waals surface area contributed by atoms with Gasteiger partial charge >= 0.3 is 0 Å². The molecule has 2 rings (SSSR count). The summed E-state index contributed by atoms with van der Waals surface area (Å²) in [5.41, 5.74) is -1.38. The first-order valence-electron chi connectivity index (χ1n) is 8.35. The molecule has 0 N–H and O–H groups in total. The predicted molar refractivity (Wildman–Crippen MR) is 96.7 cm³/mol. The van der Waals surface area contributed by atoms with Gasteiger partial charge in [0.25, 0.3) is 11.6 Å². The Balaban J connectivity index is 2.42. The summed E-state index contributed by atoms with van der Waals surface area (Å²) in [6.07, 6.45) is 1.39. The summed E-state index contributed by atoms with van der Waals surface area (Å²) in [6.45, 7) is 4.89. The zero-order chi connectivity index (χ0) is 18.4. The Kier molecular flexibility index (Phi) is 6.80. The third kappa shape index (κ3) is 3.80. The van der Waals surface area contributed by atoms with E-state index >= 15 is 0 Å². The molecule has 2 atom stereocenters. The van der Waals surface area contributed by atoms with Gasteiger partial charge in [-0.25, -0.2) is 0 Å². The molecular weight excluding hydrogens is 344 g/mol. The van der Waals surface area contributed by atoms with Crippen LogP contribution in [0, 0.1) is 10.1 Å². The van der Waals surface area contributed by atoms with Crippen LogP contribution >= 0.6 is 11.8 Å². The van der Waals surface area contributed by atoms with E-state index in [0.29, 0.717) is 19.6 Å². The Morgan fingerprint density at radius 2 is 2.16 bits per heavy atom. The van der Waals surface area contributed by atoms with Crippen molar-refractivity contribution in [3.8, 4) is 0 Å². The first kappa shape index (κ1) is 19.7. The quantitative estimate of drug-likeness (QED) is 0.398. The summed E-state index contributed by atoms with van der Waals surface area (Å²) >= 11 is 1.57. The number of nitro benzene ring substituents is 1. The molecule has 1 amide bonds. The van der Waals surface area contributed by atoms with Gasteiger partial charge < -0.3 is 14.4 Å². The van der Waals surface area contributed by atoms with Crippen molar-refractivity contribution in [2.24, 2.45) is 0 Å². The molecule has 2 unspecified atom stereocenters. The highest BCUT2D eigenvalue weighted by molar-refractivity contribution is 7.99. The van der Waals surface area contributed by atoms with Crippen LogP contribution in [0.4, 0.5) is 5.69 Å². The maximum Gasteiger partial charge on any atom is 0.282 e. The molecule has 1 aromatic carbocycles. The molecule has 0 spiro atoms. The fourth-order valence-corrected chi connectivity index (χ4v) is 4.35. The number of carbonyl (C=O) groups is 1. The highest BCUT2D eigenvalue weighted by atomic mass is 32.2. The molecule has 0 radical (unpaired) electrons. The molecule has 25 heavy (non-hydrogen) atoms. The van der Waals surface area contributed by atoms with Gasteiger partial charge in [0.15, 0.2) is 11.2 Å². The van der Waals surface area contributed by atoms with Crippen LogP contribution in [0.25, 0.3) is 0 Å². The van der Waals surface area contributed by atoms with Crippen LogP contribution in [0.2, 0.25) is 0 Å². The monoisotopic (exact) mass is 368 g/mol. The van der Waals surface area contributed by atoms with E-state index < -0.39 is 16.6 Å². The minimum Gasteiger partial charge on any atom is -0.363 e. The number of nitrogens with zero attached hydrogens (tertiary/aromatic N) is 2. The second-order valence-corrected chi connectivity index (χ2v) is 6.96. The van der Waals surface area contributed by atoms with Gasteiger partial charge in [-0.05, 0) is 25.2 Å². The van der Waals surface area contributed by atoms with Crippen LogP contribution in [0.3, 0.4) is 0 Å². The molecule has 0 bridgehead atoms. The Labute approximate surface area is 151 Å². The number of likely N-dealkylation sites (tertiary alicyclic amines) is 1. The smallest absolute Gasteiger partial charge is 0.282 e. The van der Waals surface area contributed by atoms with Crippen molar-refractivity contribution in [1.82, 2.24) is 4.90 Å². The average molecular weight is 368 g/mol. The normalized spacial score (nSPS) is 21.3. The largest absolute Gasteiger partial charge is 0.363 e. The number of amides is 1. The Morgan fingerprint density at radius 1 is 1.44 bits per heavy atom. The van der Waals surface area contributed by atoms with Crippen LogP contribution in [0.1, 0.15) is 37.0 Å². The molecule has 7 nitrogen and oxygen atoms in total. The van der Waals surface area contributed by atoms with Crippen molar-refractivity contribution in [2.75, 3.05) is 26.0 Å². The average Bonchev–Trinajstić information content (AvgIpc) is 3.06. The molecule has 1 saturated heterocycles. The van der Waals surface area contributed by atoms with Crippen LogP contribution in [0.15, 0.2) is 24.3 Å². The van der Waals surface area contributed by atoms with Crippen LogP contribution in [0.5, 0.6) is 0 Å². The van der Waals surface area contributed by atoms with E-state index in [2.05, 4.69) is 0 Å². The summed E-state index contributed by atoms with van der Waals surface area (Å²) in [6, 6.07) is 6.02. The van der Waals surface area contributed by atoms with Crippen molar-refractivity contribution < 1.29 is 19.2 Å². The number of hydrogen-bond acceptors (Lipinski definition) is 6. The van der Waals surface area contributed by atoms with E-state index in [1.54, 1.807) is 35.9 Å². The lowest BCUT2D eigenvalue weighted by Crippen LogP contribution is -2.56. The van der Waals surface area contributed by atoms with Gasteiger partial charge in [-0.3, -0.25) is 14.9 Å². The molecule has 8 heteroatoms. The minimum absolute atomic E-state index is 0.0765. The molecule has 0 saturated carbocycles. The highest BCUT2D eigenvalue weighted by Gasteiger charge is 2.51. The molecule has 138 valence electrons. The van der Waals surface area contributed by atoms with E-state index in [1.165, 1.54) is 12.1 Å². The zero-order valence-corrected chi connectivity index (χ0v) is 15.6. The number of methoxy groups -OCH3 is 1. The zero-order valence-electron chi connectivity index (χ0n) is 14.8. The van der Waals surface area contributed by atoms with Crippen molar-refractivity contribution in [3.05, 3.63) is 39.9 Å². The molecule has 1 fully saturated rings. The number of ether oxygens (including phenoxy) is 2. The lowest BCUT2D eigenvalue weighted by molar-refractivity contribution is -0.385. The van der Waals surface area contributed by atoms with Gasteiger partial charge in [0.1, 0.15) is 5.56 Å². The van der Waals surface area contributed by atoms with Crippen LogP contribution in [-0.2, 0) is 9.47 Å². The second kappa shape index (κ2) is 8.64. The van der Waals surface area contributed by atoms with Crippen LogP contribution in [-0.4, -0.2) is 52.9 Å². The summed E-state index contributed by atoms with van der Waals surface area (Å²) in [5.74, 6) is 0.414. The fourth-order valence-electron chi connectivity index (χ4n) is 3.21. The molecule has 0 aliphatic carbocycles. The summed E-state index contributed by atoms with van der Waals surface area (Å²) in [5, 5.41) is 11.3. The van der Waals surface area contributed by atoms with E-state index in [1.807, 2.05) is 13.8 Å². The predicted octanol–water partition coefficient (Wildman–Crippen LogP) is 3.29. The van der Waals surface area contributed by atoms with Gasteiger partial charge in [-0.1, -0.05) is 19.1 Å². The standard InChI is InChI=1S/C17H24N2O5S/c1-4-24-16(25-5-2)17(23-3)11-8-12-18(17)15(20)13-9-6-7-10-14(13)19(21)22/h6-7,9-10,16H,4-5,8,11-12H2,1-3H3. The van der Waals surface area contributed by atoms with Gasteiger partial charge in [-0.2, -0.15) is 0 Å². The number of para-hydroxylation sites is 1. The Bertz CT molecular complexity index is 621. The summed E-state index contributed by atoms with van der Waals surface area (Å²) in [4.78, 5) is 25.5. The molecule has 0 aromatic heterocycles. The minimum atomic E-state index is -0.919.